The number of urea groups is 1. The predicted octanol–water partition coefficient (Wildman–Crippen LogP) is 2.54. The first-order chi connectivity index (χ1) is 10.9. The lowest BCUT2D eigenvalue weighted by molar-refractivity contribution is -0.137. The number of amidine groups is 1. The van der Waals surface area contributed by atoms with Crippen molar-refractivity contribution in [2.45, 2.75) is 6.18 Å². The van der Waals surface area contributed by atoms with Gasteiger partial charge < -0.3 is 11.1 Å². The summed E-state index contributed by atoms with van der Waals surface area (Å²) in [6.07, 6.45) is -3.84. The molecule has 0 unspecified atom stereocenters. The molecule has 0 aliphatic heterocycles. The molecule has 0 spiro atoms. The summed E-state index contributed by atoms with van der Waals surface area (Å²) < 4.78 is 37.2. The molecule has 0 atom stereocenters. The lowest BCUT2D eigenvalue weighted by atomic mass is 10.2. The van der Waals surface area contributed by atoms with E-state index in [4.69, 9.17) is 5.73 Å². The molecule has 0 bridgehead atoms. The van der Waals surface area contributed by atoms with Gasteiger partial charge in [0.25, 0.3) is 0 Å². The largest absolute Gasteiger partial charge is 0.417 e. The van der Waals surface area contributed by atoms with Gasteiger partial charge in [0, 0.05) is 11.9 Å². The Balaban J connectivity index is 1.98. The molecule has 6 nitrogen and oxygen atoms in total. The van der Waals surface area contributed by atoms with Gasteiger partial charge in [-0.15, -0.1) is 0 Å². The molecule has 0 saturated heterocycles. The molecule has 0 aliphatic carbocycles. The van der Waals surface area contributed by atoms with Crippen molar-refractivity contribution >= 4 is 17.6 Å². The van der Waals surface area contributed by atoms with Gasteiger partial charge in [-0.2, -0.15) is 18.3 Å². The van der Waals surface area contributed by atoms with Crippen molar-refractivity contribution in [1.29, 1.82) is 0 Å². The molecule has 4 N–H and O–H groups in total. The van der Waals surface area contributed by atoms with Crippen LogP contribution in [0.2, 0.25) is 0 Å². The lowest BCUT2D eigenvalue weighted by Crippen LogP contribution is -2.28. The Morgan fingerprint density at radius 2 is 1.83 bits per heavy atom. The zero-order valence-electron chi connectivity index (χ0n) is 11.6. The minimum absolute atomic E-state index is 0.0120. The first kappa shape index (κ1) is 16.3. The second-order valence-electron chi connectivity index (χ2n) is 4.36. The van der Waals surface area contributed by atoms with Crippen molar-refractivity contribution in [3.05, 3.63) is 59.9 Å². The summed E-state index contributed by atoms with van der Waals surface area (Å²) in [6.45, 7) is 0. The van der Waals surface area contributed by atoms with Crippen LogP contribution in [0.1, 0.15) is 11.3 Å². The van der Waals surface area contributed by atoms with Crippen LogP contribution in [0.25, 0.3) is 0 Å². The number of nitrogens with one attached hydrogen (secondary N) is 2. The van der Waals surface area contributed by atoms with Crippen molar-refractivity contribution in [3.8, 4) is 0 Å². The second kappa shape index (κ2) is 6.77. The zero-order valence-corrected chi connectivity index (χ0v) is 11.6. The first-order valence-corrected chi connectivity index (χ1v) is 6.35. The maximum absolute atomic E-state index is 12.4. The molecular weight excluding hydrogens is 311 g/mol. The average Bonchev–Trinajstić information content (AvgIpc) is 2.53. The van der Waals surface area contributed by atoms with Gasteiger partial charge in [-0.05, 0) is 24.3 Å². The summed E-state index contributed by atoms with van der Waals surface area (Å²) in [4.78, 5) is 15.1. The second-order valence-corrected chi connectivity index (χ2v) is 4.36. The Morgan fingerprint density at radius 3 is 2.39 bits per heavy atom. The maximum atomic E-state index is 12.4. The summed E-state index contributed by atoms with van der Waals surface area (Å²) in [7, 11) is 0. The highest BCUT2D eigenvalue weighted by atomic mass is 19.4. The number of hydrazone groups is 1. The summed E-state index contributed by atoms with van der Waals surface area (Å²) in [5.74, 6) is -0.220. The van der Waals surface area contributed by atoms with E-state index in [0.717, 1.165) is 12.1 Å². The molecular formula is C14H12F3N5O. The fourth-order valence-corrected chi connectivity index (χ4v) is 1.56. The molecule has 9 heteroatoms. The lowest BCUT2D eigenvalue weighted by Gasteiger charge is -2.07. The van der Waals surface area contributed by atoms with E-state index in [9.17, 15) is 18.0 Å². The van der Waals surface area contributed by atoms with Crippen molar-refractivity contribution in [3.63, 3.8) is 0 Å². The molecule has 0 aliphatic rings. The molecule has 23 heavy (non-hydrogen) atoms. The number of amides is 2. The minimum atomic E-state index is -4.48. The van der Waals surface area contributed by atoms with Gasteiger partial charge in [-0.1, -0.05) is 18.2 Å². The van der Waals surface area contributed by atoms with Crippen LogP contribution in [0.15, 0.2) is 53.8 Å². The maximum Gasteiger partial charge on any atom is 0.417 e. The molecule has 0 saturated carbocycles. The number of aromatic nitrogens is 1. The summed E-state index contributed by atoms with van der Waals surface area (Å²) in [5.41, 5.74) is 7.34. The van der Waals surface area contributed by atoms with Crippen LogP contribution in [0.4, 0.5) is 23.7 Å². The number of alkyl halides is 3. The van der Waals surface area contributed by atoms with Crippen LogP contribution < -0.4 is 16.5 Å². The Hall–Kier alpha value is -3.10. The molecule has 0 radical (unpaired) electrons. The molecule has 0 fully saturated rings. The third kappa shape index (κ3) is 4.70. The number of hydrogen-bond acceptors (Lipinski definition) is 3. The van der Waals surface area contributed by atoms with Gasteiger partial charge in [-0.3, -0.25) is 4.98 Å². The third-order valence-electron chi connectivity index (χ3n) is 2.66. The minimum Gasteiger partial charge on any atom is -0.380 e. The molecule has 2 amide bonds. The first-order valence-electron chi connectivity index (χ1n) is 6.35. The van der Waals surface area contributed by atoms with Crippen LogP contribution >= 0.6 is 0 Å². The SMILES string of the molecule is N/C(=N\NC(=O)Nc1ccccc1)c1ccc(C(F)(F)F)cn1. The smallest absolute Gasteiger partial charge is 0.380 e. The van der Waals surface area contributed by atoms with Gasteiger partial charge in [-0.25, -0.2) is 10.2 Å². The van der Waals surface area contributed by atoms with E-state index in [-0.39, 0.29) is 11.5 Å². The number of benzene rings is 1. The van der Waals surface area contributed by atoms with E-state index in [1.165, 1.54) is 0 Å². The summed E-state index contributed by atoms with van der Waals surface area (Å²) >= 11 is 0. The van der Waals surface area contributed by atoms with Gasteiger partial charge in [0.05, 0.1) is 5.56 Å². The fourth-order valence-electron chi connectivity index (χ4n) is 1.56. The Kier molecular flexibility index (Phi) is 4.79. The van der Waals surface area contributed by atoms with E-state index >= 15 is 0 Å². The standard InChI is InChI=1S/C14H12F3N5O/c15-14(16,17)9-6-7-11(19-8-9)12(18)21-22-13(23)20-10-4-2-1-3-5-10/h1-8H,(H2,18,21)(H2,20,22,23). The number of halogens is 3. The predicted molar refractivity (Wildman–Crippen MR) is 78.6 cm³/mol. The number of carbonyl (C=O) groups excluding carboxylic acids is 1. The van der Waals surface area contributed by atoms with E-state index < -0.39 is 17.8 Å². The highest BCUT2D eigenvalue weighted by molar-refractivity contribution is 5.97. The number of pyridine rings is 1. The molecule has 2 aromatic rings. The van der Waals surface area contributed by atoms with E-state index in [0.29, 0.717) is 11.9 Å². The number of para-hydroxylation sites is 1. The Bertz CT molecular complexity index is 699. The summed E-state index contributed by atoms with van der Waals surface area (Å²) in [5, 5.41) is 6.07. The molecule has 1 aromatic carbocycles. The molecule has 1 aromatic heterocycles. The number of carbonyl (C=O) groups is 1. The fraction of sp³-hybridized carbons (Fsp3) is 0.0714. The summed E-state index contributed by atoms with van der Waals surface area (Å²) in [6, 6.07) is 9.85. The van der Waals surface area contributed by atoms with Crippen LogP contribution in [-0.2, 0) is 6.18 Å². The third-order valence-corrected chi connectivity index (χ3v) is 2.66. The highest BCUT2D eigenvalue weighted by Gasteiger charge is 2.30. The van der Waals surface area contributed by atoms with Crippen LogP contribution in [0, 0.1) is 0 Å². The zero-order chi connectivity index (χ0) is 16.9. The van der Waals surface area contributed by atoms with Crippen LogP contribution in [0.3, 0.4) is 0 Å². The van der Waals surface area contributed by atoms with E-state index in [1.54, 1.807) is 30.3 Å². The number of rotatable bonds is 3. The highest BCUT2D eigenvalue weighted by Crippen LogP contribution is 2.28. The molecule has 2 rings (SSSR count). The average molecular weight is 323 g/mol. The van der Waals surface area contributed by atoms with Crippen molar-refractivity contribution < 1.29 is 18.0 Å². The number of anilines is 1. The van der Waals surface area contributed by atoms with Gasteiger partial charge in [0.2, 0.25) is 0 Å². The van der Waals surface area contributed by atoms with Gasteiger partial charge >= 0.3 is 12.2 Å². The quantitative estimate of drug-likeness (QED) is 0.460. The van der Waals surface area contributed by atoms with Crippen molar-refractivity contribution in [2.75, 3.05) is 5.32 Å². The monoisotopic (exact) mass is 323 g/mol. The van der Waals surface area contributed by atoms with Gasteiger partial charge in [0.15, 0.2) is 5.84 Å². The molecule has 120 valence electrons. The van der Waals surface area contributed by atoms with Crippen molar-refractivity contribution in [1.82, 2.24) is 10.4 Å². The van der Waals surface area contributed by atoms with Gasteiger partial charge in [0.1, 0.15) is 5.69 Å². The Labute approximate surface area is 129 Å². The van der Waals surface area contributed by atoms with Crippen LogP contribution in [0.5, 0.6) is 0 Å². The normalized spacial score (nSPS) is 11.9. The van der Waals surface area contributed by atoms with E-state index in [2.05, 4.69) is 20.8 Å². The Morgan fingerprint density at radius 1 is 1.13 bits per heavy atom. The number of hydrogen-bond donors (Lipinski definition) is 3. The topological polar surface area (TPSA) is 92.4 Å². The van der Waals surface area contributed by atoms with Crippen LogP contribution in [-0.4, -0.2) is 16.9 Å². The number of nitrogens with two attached hydrogens (primary N) is 1. The van der Waals surface area contributed by atoms with Crippen molar-refractivity contribution in [2.24, 2.45) is 10.8 Å². The van der Waals surface area contributed by atoms with E-state index in [1.807, 2.05) is 0 Å². The number of nitrogens with zero attached hydrogens (tertiary/aromatic N) is 2. The molecule has 1 heterocycles.